The predicted octanol–water partition coefficient (Wildman–Crippen LogP) is 2.37. The monoisotopic (exact) mass is 449 g/mol. The second-order valence-corrected chi connectivity index (χ2v) is 8.98. The van der Waals surface area contributed by atoms with Gasteiger partial charge in [0.2, 0.25) is 15.9 Å². The van der Waals surface area contributed by atoms with Gasteiger partial charge < -0.3 is 14.6 Å². The summed E-state index contributed by atoms with van der Waals surface area (Å²) in [5.74, 6) is 0.350. The summed E-state index contributed by atoms with van der Waals surface area (Å²) in [7, 11) is -3.72. The maximum atomic E-state index is 12.7. The first kappa shape index (κ1) is 24.6. The number of sulfonamides is 1. The van der Waals surface area contributed by atoms with E-state index in [0.717, 1.165) is 28.7 Å². The van der Waals surface area contributed by atoms with Gasteiger partial charge in [0.05, 0.1) is 11.5 Å². The van der Waals surface area contributed by atoms with Crippen molar-refractivity contribution in [3.05, 3.63) is 58.5 Å². The minimum Gasteiger partial charge on any atom is -0.494 e. The van der Waals surface area contributed by atoms with Crippen molar-refractivity contribution in [2.75, 3.05) is 19.7 Å². The molecule has 1 N–H and O–H groups in total. The third-order valence-electron chi connectivity index (χ3n) is 4.77. The summed E-state index contributed by atoms with van der Waals surface area (Å²) in [6.45, 7) is 6.86. The van der Waals surface area contributed by atoms with Gasteiger partial charge in [0.25, 0.3) is 5.56 Å². The van der Waals surface area contributed by atoms with Crippen molar-refractivity contribution in [1.29, 1.82) is 0 Å². The van der Waals surface area contributed by atoms with Gasteiger partial charge >= 0.3 is 0 Å². The van der Waals surface area contributed by atoms with Gasteiger partial charge in [0.1, 0.15) is 12.3 Å². The Hall–Kier alpha value is -2.65. The third kappa shape index (κ3) is 6.93. The number of hydrogen-bond donors (Lipinski definition) is 1. The number of rotatable bonds is 12. The van der Waals surface area contributed by atoms with Crippen LogP contribution in [0.5, 0.6) is 5.75 Å². The molecule has 0 saturated carbocycles. The fourth-order valence-corrected chi connectivity index (χ4v) is 4.47. The number of aromatic nitrogens is 1. The second-order valence-electron chi connectivity index (χ2n) is 7.05. The number of unbranched alkanes of at least 4 members (excludes halogenated alkanes) is 1. The van der Waals surface area contributed by atoms with E-state index in [1.807, 2.05) is 24.3 Å². The molecule has 0 aliphatic carbocycles. The normalized spacial score (nSPS) is 11.5. The molecule has 0 saturated heterocycles. The van der Waals surface area contributed by atoms with E-state index in [1.165, 1.54) is 22.6 Å². The molecule has 1 aromatic carbocycles. The van der Waals surface area contributed by atoms with Gasteiger partial charge in [-0.3, -0.25) is 9.59 Å². The zero-order valence-corrected chi connectivity index (χ0v) is 19.2. The van der Waals surface area contributed by atoms with E-state index in [4.69, 9.17) is 4.74 Å². The van der Waals surface area contributed by atoms with Crippen LogP contribution in [0.15, 0.2) is 52.3 Å². The summed E-state index contributed by atoms with van der Waals surface area (Å²) in [6.07, 6.45) is 3.24. The number of pyridine rings is 1. The molecule has 1 heterocycles. The number of amides is 1. The standard InChI is InChI=1S/C22H31N3O5S/c1-4-7-13-30-19-10-8-9-18(14-19)15-23-21(26)17-24-16-20(11-12-22(24)27)31(28,29)25(5-2)6-3/h8-12,14,16H,4-7,13,15,17H2,1-3H3,(H,23,26). The maximum absolute atomic E-state index is 12.7. The molecule has 31 heavy (non-hydrogen) atoms. The van der Waals surface area contributed by atoms with E-state index in [9.17, 15) is 18.0 Å². The highest BCUT2D eigenvalue weighted by molar-refractivity contribution is 7.89. The van der Waals surface area contributed by atoms with Crippen LogP contribution in [0.25, 0.3) is 0 Å². The van der Waals surface area contributed by atoms with E-state index >= 15 is 0 Å². The molecule has 0 spiro atoms. The molecule has 0 aliphatic rings. The molecule has 9 heteroatoms. The Balaban J connectivity index is 2.04. The highest BCUT2D eigenvalue weighted by Gasteiger charge is 2.22. The van der Waals surface area contributed by atoms with Crippen molar-refractivity contribution in [2.45, 2.75) is 51.6 Å². The Kier molecular flexibility index (Phi) is 9.26. The largest absolute Gasteiger partial charge is 0.494 e. The molecule has 0 fully saturated rings. The van der Waals surface area contributed by atoms with Crippen LogP contribution in [0.3, 0.4) is 0 Å². The Labute approximate surface area is 183 Å². The van der Waals surface area contributed by atoms with Crippen molar-refractivity contribution in [2.24, 2.45) is 0 Å². The number of ether oxygens (including phenoxy) is 1. The fraction of sp³-hybridized carbons (Fsp3) is 0.455. The maximum Gasteiger partial charge on any atom is 0.251 e. The van der Waals surface area contributed by atoms with Crippen LogP contribution in [0.4, 0.5) is 0 Å². The molecule has 0 atom stereocenters. The number of carbonyl (C=O) groups is 1. The predicted molar refractivity (Wildman–Crippen MR) is 120 cm³/mol. The number of hydrogen-bond acceptors (Lipinski definition) is 5. The van der Waals surface area contributed by atoms with Crippen molar-refractivity contribution in [1.82, 2.24) is 14.2 Å². The minimum atomic E-state index is -3.72. The van der Waals surface area contributed by atoms with Gasteiger partial charge in [-0.05, 0) is 30.2 Å². The molecule has 0 bridgehead atoms. The lowest BCUT2D eigenvalue weighted by molar-refractivity contribution is -0.121. The summed E-state index contributed by atoms with van der Waals surface area (Å²) < 4.78 is 33.4. The van der Waals surface area contributed by atoms with E-state index < -0.39 is 21.5 Å². The molecule has 1 aromatic heterocycles. The van der Waals surface area contributed by atoms with Crippen LogP contribution in [-0.2, 0) is 27.9 Å². The van der Waals surface area contributed by atoms with Gasteiger partial charge in [0, 0.05) is 31.9 Å². The first-order chi connectivity index (χ1) is 14.8. The molecule has 2 rings (SSSR count). The summed E-state index contributed by atoms with van der Waals surface area (Å²) in [4.78, 5) is 24.5. The Morgan fingerprint density at radius 3 is 2.55 bits per heavy atom. The fourth-order valence-electron chi connectivity index (χ4n) is 2.99. The van der Waals surface area contributed by atoms with E-state index in [0.29, 0.717) is 19.7 Å². The Morgan fingerprint density at radius 1 is 1.13 bits per heavy atom. The summed E-state index contributed by atoms with van der Waals surface area (Å²) >= 11 is 0. The smallest absolute Gasteiger partial charge is 0.251 e. The van der Waals surface area contributed by atoms with Crippen molar-refractivity contribution in [3.63, 3.8) is 0 Å². The number of nitrogens with zero attached hydrogens (tertiary/aromatic N) is 2. The van der Waals surface area contributed by atoms with Crippen LogP contribution in [0.1, 0.15) is 39.2 Å². The SMILES string of the molecule is CCCCOc1cccc(CNC(=O)Cn2cc(S(=O)(=O)N(CC)CC)ccc2=O)c1. The van der Waals surface area contributed by atoms with Gasteiger partial charge in [-0.2, -0.15) is 4.31 Å². The van der Waals surface area contributed by atoms with Gasteiger partial charge in [0.15, 0.2) is 0 Å². The quantitative estimate of drug-likeness (QED) is 0.502. The molecule has 170 valence electrons. The summed E-state index contributed by atoms with van der Waals surface area (Å²) in [5, 5.41) is 2.76. The average molecular weight is 450 g/mol. The highest BCUT2D eigenvalue weighted by atomic mass is 32.2. The minimum absolute atomic E-state index is 0.0134. The first-order valence-corrected chi connectivity index (χ1v) is 11.9. The summed E-state index contributed by atoms with van der Waals surface area (Å²) in [6, 6.07) is 9.89. The zero-order valence-electron chi connectivity index (χ0n) is 18.3. The van der Waals surface area contributed by atoms with Crippen molar-refractivity contribution in [3.8, 4) is 5.75 Å². The molecule has 0 radical (unpaired) electrons. The molecule has 8 nitrogen and oxygen atoms in total. The Morgan fingerprint density at radius 2 is 1.87 bits per heavy atom. The lowest BCUT2D eigenvalue weighted by Crippen LogP contribution is -2.34. The Bertz CT molecular complexity index is 1030. The lowest BCUT2D eigenvalue weighted by atomic mass is 10.2. The molecule has 1 amide bonds. The van der Waals surface area contributed by atoms with E-state index in [1.54, 1.807) is 13.8 Å². The van der Waals surface area contributed by atoms with Crippen LogP contribution in [0.2, 0.25) is 0 Å². The lowest BCUT2D eigenvalue weighted by Gasteiger charge is -2.19. The van der Waals surface area contributed by atoms with Gasteiger partial charge in [-0.1, -0.05) is 39.3 Å². The first-order valence-electron chi connectivity index (χ1n) is 10.5. The highest BCUT2D eigenvalue weighted by Crippen LogP contribution is 2.15. The number of carbonyl (C=O) groups excluding carboxylic acids is 1. The van der Waals surface area contributed by atoms with Crippen LogP contribution in [0, 0.1) is 0 Å². The molecule has 0 aliphatic heterocycles. The summed E-state index contributed by atoms with van der Waals surface area (Å²) in [5.41, 5.74) is 0.424. The zero-order chi connectivity index (χ0) is 22.9. The third-order valence-corrected chi connectivity index (χ3v) is 6.80. The van der Waals surface area contributed by atoms with E-state index in [2.05, 4.69) is 12.2 Å². The van der Waals surface area contributed by atoms with Gasteiger partial charge in [-0.25, -0.2) is 8.42 Å². The molecule has 0 unspecified atom stereocenters. The van der Waals surface area contributed by atoms with Crippen LogP contribution in [-0.4, -0.2) is 42.9 Å². The van der Waals surface area contributed by atoms with Crippen molar-refractivity contribution >= 4 is 15.9 Å². The van der Waals surface area contributed by atoms with E-state index in [-0.39, 0.29) is 18.0 Å². The van der Waals surface area contributed by atoms with Crippen molar-refractivity contribution < 1.29 is 17.9 Å². The molecular formula is C22H31N3O5S. The molecule has 2 aromatic rings. The molecular weight excluding hydrogens is 418 g/mol. The number of nitrogens with one attached hydrogen (secondary N) is 1. The van der Waals surface area contributed by atoms with Crippen LogP contribution < -0.4 is 15.6 Å². The van der Waals surface area contributed by atoms with Crippen LogP contribution >= 0.6 is 0 Å². The topological polar surface area (TPSA) is 97.7 Å². The number of benzene rings is 1. The second kappa shape index (κ2) is 11.7. The van der Waals surface area contributed by atoms with Gasteiger partial charge in [-0.15, -0.1) is 0 Å². The average Bonchev–Trinajstić information content (AvgIpc) is 2.75.